The third-order valence-electron chi connectivity index (χ3n) is 3.66. The minimum atomic E-state index is -0.790. The molecule has 1 heterocycles. The molecule has 19 heavy (non-hydrogen) atoms. The van der Waals surface area contributed by atoms with Gasteiger partial charge in [0.2, 0.25) is 0 Å². The van der Waals surface area contributed by atoms with E-state index in [9.17, 15) is 5.26 Å². The van der Waals surface area contributed by atoms with Gasteiger partial charge in [-0.05, 0) is 39.8 Å². The van der Waals surface area contributed by atoms with Gasteiger partial charge in [0, 0.05) is 6.42 Å². The fourth-order valence-electron chi connectivity index (χ4n) is 2.85. The quantitative estimate of drug-likeness (QED) is 0.889. The molecule has 0 spiro atoms. The number of hydrogen-bond donors (Lipinski definition) is 1. The number of hydrogen-bond acceptors (Lipinski definition) is 3. The van der Waals surface area contributed by atoms with Crippen LogP contribution in [0.5, 0.6) is 0 Å². The van der Waals surface area contributed by atoms with E-state index in [-0.39, 0.29) is 5.60 Å². The van der Waals surface area contributed by atoms with E-state index < -0.39 is 11.1 Å². The molecule has 1 N–H and O–H groups in total. The lowest BCUT2D eigenvalue weighted by molar-refractivity contribution is -0.0713. The third-order valence-corrected chi connectivity index (χ3v) is 3.99. The van der Waals surface area contributed by atoms with Crippen LogP contribution in [0.25, 0.3) is 0 Å². The summed E-state index contributed by atoms with van der Waals surface area (Å²) in [7, 11) is 0. The van der Waals surface area contributed by atoms with E-state index in [1.54, 1.807) is 0 Å². The molecule has 1 aliphatic heterocycles. The Bertz CT molecular complexity index is 533. The molecule has 4 heteroatoms. The van der Waals surface area contributed by atoms with Crippen molar-refractivity contribution >= 4 is 17.3 Å². The van der Waals surface area contributed by atoms with Gasteiger partial charge in [-0.1, -0.05) is 23.7 Å². The van der Waals surface area contributed by atoms with Gasteiger partial charge in [-0.15, -0.1) is 0 Å². The average molecular weight is 279 g/mol. The van der Waals surface area contributed by atoms with Crippen LogP contribution in [-0.4, -0.2) is 16.7 Å². The summed E-state index contributed by atoms with van der Waals surface area (Å²) in [4.78, 5) is 0. The Labute approximate surface area is 119 Å². The van der Waals surface area contributed by atoms with Crippen LogP contribution in [0.4, 0.5) is 5.69 Å². The third kappa shape index (κ3) is 2.43. The number of rotatable bonds is 2. The topological polar surface area (TPSA) is 45.0 Å². The van der Waals surface area contributed by atoms with E-state index in [4.69, 9.17) is 16.3 Å². The lowest BCUT2D eigenvalue weighted by Gasteiger charge is -2.35. The van der Waals surface area contributed by atoms with Gasteiger partial charge < -0.3 is 10.1 Å². The van der Waals surface area contributed by atoms with Crippen molar-refractivity contribution in [3.8, 4) is 6.07 Å². The molecule has 1 aromatic rings. The van der Waals surface area contributed by atoms with Crippen LogP contribution in [0.15, 0.2) is 24.3 Å². The van der Waals surface area contributed by atoms with Gasteiger partial charge >= 0.3 is 0 Å². The van der Waals surface area contributed by atoms with Gasteiger partial charge in [-0.25, -0.2) is 0 Å². The molecule has 1 aliphatic rings. The molecule has 3 nitrogen and oxygen atoms in total. The number of para-hydroxylation sites is 1. The second kappa shape index (κ2) is 4.40. The second-order valence-electron chi connectivity index (χ2n) is 6.17. The number of nitrogens with zero attached hydrogens (tertiary/aromatic N) is 1. The fourth-order valence-corrected chi connectivity index (χ4v) is 3.04. The normalized spacial score (nSPS) is 27.8. The zero-order chi connectivity index (χ0) is 14.3. The Balaban J connectivity index is 2.41. The Morgan fingerprint density at radius 1 is 1.26 bits per heavy atom. The highest BCUT2D eigenvalue weighted by Gasteiger charge is 2.58. The van der Waals surface area contributed by atoms with Crippen molar-refractivity contribution in [2.45, 2.75) is 50.9 Å². The summed E-state index contributed by atoms with van der Waals surface area (Å²) in [6.07, 6.45) is 0.606. The lowest BCUT2D eigenvalue weighted by atomic mass is 9.80. The molecular formula is C15H19ClN2O. The standard InChI is InChI=1S/C15H19ClN2O/c1-13(2)9-15(10-17,14(3,4)19-13)18-12-8-6-5-7-11(12)16/h5-8,18H,9H2,1-4H3. The van der Waals surface area contributed by atoms with Crippen molar-refractivity contribution in [2.24, 2.45) is 0 Å². The minimum absolute atomic E-state index is 0.340. The van der Waals surface area contributed by atoms with Gasteiger partial charge in [0.15, 0.2) is 5.54 Å². The molecule has 102 valence electrons. The van der Waals surface area contributed by atoms with Gasteiger partial charge in [-0.2, -0.15) is 5.26 Å². The maximum Gasteiger partial charge on any atom is 0.156 e. The Kier molecular flexibility index (Phi) is 3.28. The first kappa shape index (κ1) is 14.2. The van der Waals surface area contributed by atoms with Crippen LogP contribution >= 0.6 is 11.6 Å². The first-order valence-electron chi connectivity index (χ1n) is 6.36. The van der Waals surface area contributed by atoms with E-state index >= 15 is 0 Å². The number of nitriles is 1. The predicted octanol–water partition coefficient (Wildman–Crippen LogP) is 3.99. The summed E-state index contributed by atoms with van der Waals surface area (Å²) in [5.74, 6) is 0. The highest BCUT2D eigenvalue weighted by molar-refractivity contribution is 6.33. The lowest BCUT2D eigenvalue weighted by Crippen LogP contribution is -2.51. The zero-order valence-electron chi connectivity index (χ0n) is 11.7. The van der Waals surface area contributed by atoms with Gasteiger partial charge in [-0.3, -0.25) is 0 Å². The summed E-state index contributed by atoms with van der Waals surface area (Å²) in [6.45, 7) is 7.88. The molecule has 0 aromatic heterocycles. The maximum absolute atomic E-state index is 9.70. The fraction of sp³-hybridized carbons (Fsp3) is 0.533. The number of halogens is 1. The van der Waals surface area contributed by atoms with Crippen LogP contribution in [0, 0.1) is 11.3 Å². The molecule has 1 atom stereocenters. The van der Waals surface area contributed by atoms with Crippen molar-refractivity contribution in [3.63, 3.8) is 0 Å². The maximum atomic E-state index is 9.70. The van der Waals surface area contributed by atoms with Crippen LogP contribution < -0.4 is 5.32 Å². The van der Waals surface area contributed by atoms with E-state index in [0.717, 1.165) is 5.69 Å². The molecule has 1 fully saturated rings. The number of nitrogens with one attached hydrogen (secondary N) is 1. The van der Waals surface area contributed by atoms with E-state index in [1.807, 2.05) is 52.0 Å². The first-order chi connectivity index (χ1) is 8.71. The molecule has 0 saturated carbocycles. The summed E-state index contributed by atoms with van der Waals surface area (Å²) in [5.41, 5.74) is -0.959. The molecule has 0 radical (unpaired) electrons. The van der Waals surface area contributed by atoms with E-state index in [0.29, 0.717) is 11.4 Å². The molecule has 2 rings (SSSR count). The highest BCUT2D eigenvalue weighted by atomic mass is 35.5. The average Bonchev–Trinajstić information content (AvgIpc) is 2.47. The van der Waals surface area contributed by atoms with Crippen LogP contribution in [0.3, 0.4) is 0 Å². The molecule has 0 aliphatic carbocycles. The molecule has 1 aromatic carbocycles. The molecule has 0 bridgehead atoms. The van der Waals surface area contributed by atoms with Gasteiger partial charge in [0.1, 0.15) is 0 Å². The zero-order valence-corrected chi connectivity index (χ0v) is 12.5. The molecule has 0 amide bonds. The molecule has 1 saturated heterocycles. The van der Waals surface area contributed by atoms with Crippen LogP contribution in [0.1, 0.15) is 34.1 Å². The molecular weight excluding hydrogens is 260 g/mol. The Morgan fingerprint density at radius 3 is 2.37 bits per heavy atom. The van der Waals surface area contributed by atoms with Crippen molar-refractivity contribution < 1.29 is 4.74 Å². The largest absolute Gasteiger partial charge is 0.366 e. The number of ether oxygens (including phenoxy) is 1. The molecule has 1 unspecified atom stereocenters. The summed E-state index contributed by atoms with van der Waals surface area (Å²) >= 11 is 6.17. The van der Waals surface area contributed by atoms with Gasteiger partial charge in [0.25, 0.3) is 0 Å². The van der Waals surface area contributed by atoms with Crippen molar-refractivity contribution in [3.05, 3.63) is 29.3 Å². The summed E-state index contributed by atoms with van der Waals surface area (Å²) in [5, 5.41) is 13.6. The minimum Gasteiger partial charge on any atom is -0.366 e. The van der Waals surface area contributed by atoms with E-state index in [1.165, 1.54) is 0 Å². The van der Waals surface area contributed by atoms with Crippen molar-refractivity contribution in [1.29, 1.82) is 5.26 Å². The smallest absolute Gasteiger partial charge is 0.156 e. The first-order valence-corrected chi connectivity index (χ1v) is 6.73. The summed E-state index contributed by atoms with van der Waals surface area (Å²) in [6, 6.07) is 9.85. The van der Waals surface area contributed by atoms with E-state index in [2.05, 4.69) is 11.4 Å². The van der Waals surface area contributed by atoms with Crippen LogP contribution in [-0.2, 0) is 4.74 Å². The Morgan fingerprint density at radius 2 is 1.89 bits per heavy atom. The van der Waals surface area contributed by atoms with Crippen LogP contribution in [0.2, 0.25) is 5.02 Å². The van der Waals surface area contributed by atoms with Gasteiger partial charge in [0.05, 0.1) is 28.0 Å². The number of benzene rings is 1. The number of anilines is 1. The van der Waals surface area contributed by atoms with Crippen molar-refractivity contribution in [2.75, 3.05) is 5.32 Å². The highest BCUT2D eigenvalue weighted by Crippen LogP contribution is 2.47. The SMILES string of the molecule is CC1(C)CC(C#N)(Nc2ccccc2Cl)C(C)(C)O1. The second-order valence-corrected chi connectivity index (χ2v) is 6.58. The Hall–Kier alpha value is -1.24. The predicted molar refractivity (Wildman–Crippen MR) is 77.3 cm³/mol. The van der Waals surface area contributed by atoms with Crippen molar-refractivity contribution in [1.82, 2.24) is 0 Å². The monoisotopic (exact) mass is 278 g/mol. The summed E-state index contributed by atoms with van der Waals surface area (Å²) < 4.78 is 6.03.